The standard InChI is InChI=1S/C10H9ClN2O/c1-14-9-4-2-3-8(7-9)13-6-5-10(11)12-13/h2-7H,1H3. The van der Waals surface area contributed by atoms with Crippen LogP contribution in [0.2, 0.25) is 5.15 Å². The number of hydrogen-bond acceptors (Lipinski definition) is 2. The van der Waals surface area contributed by atoms with Gasteiger partial charge in [0.1, 0.15) is 5.75 Å². The molecule has 0 radical (unpaired) electrons. The van der Waals surface area contributed by atoms with Crippen molar-refractivity contribution in [3.8, 4) is 11.4 Å². The van der Waals surface area contributed by atoms with Gasteiger partial charge in [0.15, 0.2) is 5.15 Å². The molecule has 72 valence electrons. The van der Waals surface area contributed by atoms with E-state index in [0.717, 1.165) is 11.4 Å². The molecule has 2 aromatic rings. The Morgan fingerprint density at radius 2 is 2.21 bits per heavy atom. The zero-order valence-corrected chi connectivity index (χ0v) is 8.40. The molecule has 0 N–H and O–H groups in total. The Balaban J connectivity index is 2.41. The summed E-state index contributed by atoms with van der Waals surface area (Å²) in [4.78, 5) is 0. The lowest BCUT2D eigenvalue weighted by atomic mass is 10.3. The third kappa shape index (κ3) is 1.72. The fourth-order valence-electron chi connectivity index (χ4n) is 1.20. The molecule has 0 saturated carbocycles. The van der Waals surface area contributed by atoms with Crippen LogP contribution < -0.4 is 4.74 Å². The van der Waals surface area contributed by atoms with Gasteiger partial charge in [-0.05, 0) is 18.2 Å². The first-order valence-electron chi connectivity index (χ1n) is 4.15. The molecule has 0 aliphatic carbocycles. The molecule has 0 bridgehead atoms. The van der Waals surface area contributed by atoms with Gasteiger partial charge in [-0.2, -0.15) is 5.10 Å². The van der Waals surface area contributed by atoms with E-state index in [1.165, 1.54) is 0 Å². The first-order valence-corrected chi connectivity index (χ1v) is 4.53. The minimum atomic E-state index is 0.479. The summed E-state index contributed by atoms with van der Waals surface area (Å²) in [5.74, 6) is 0.800. The van der Waals surface area contributed by atoms with Crippen molar-refractivity contribution in [1.82, 2.24) is 9.78 Å². The van der Waals surface area contributed by atoms with Gasteiger partial charge in [0.05, 0.1) is 12.8 Å². The van der Waals surface area contributed by atoms with Gasteiger partial charge < -0.3 is 4.74 Å². The zero-order valence-electron chi connectivity index (χ0n) is 7.64. The van der Waals surface area contributed by atoms with Crippen molar-refractivity contribution in [3.63, 3.8) is 0 Å². The van der Waals surface area contributed by atoms with Crippen LogP contribution in [0, 0.1) is 0 Å². The van der Waals surface area contributed by atoms with Gasteiger partial charge in [0.25, 0.3) is 0 Å². The van der Waals surface area contributed by atoms with E-state index in [0.29, 0.717) is 5.15 Å². The first-order chi connectivity index (χ1) is 6.79. The predicted octanol–water partition coefficient (Wildman–Crippen LogP) is 2.53. The third-order valence-corrected chi connectivity index (χ3v) is 2.08. The highest BCUT2D eigenvalue weighted by Crippen LogP contribution is 2.16. The molecule has 0 aliphatic heterocycles. The zero-order chi connectivity index (χ0) is 9.97. The lowest BCUT2D eigenvalue weighted by Gasteiger charge is -2.03. The first kappa shape index (κ1) is 9.09. The van der Waals surface area contributed by atoms with Crippen LogP contribution in [0.4, 0.5) is 0 Å². The van der Waals surface area contributed by atoms with Gasteiger partial charge in [0, 0.05) is 12.3 Å². The maximum atomic E-state index is 5.72. The SMILES string of the molecule is COc1cccc(-n2ccc(Cl)n2)c1. The smallest absolute Gasteiger partial charge is 0.151 e. The summed E-state index contributed by atoms with van der Waals surface area (Å²) in [6.45, 7) is 0. The molecule has 2 rings (SSSR count). The van der Waals surface area contributed by atoms with Crippen LogP contribution in [-0.4, -0.2) is 16.9 Å². The Hall–Kier alpha value is -1.48. The minimum Gasteiger partial charge on any atom is -0.497 e. The van der Waals surface area contributed by atoms with E-state index < -0.39 is 0 Å². The largest absolute Gasteiger partial charge is 0.497 e. The third-order valence-electron chi connectivity index (χ3n) is 1.87. The van der Waals surface area contributed by atoms with Gasteiger partial charge in [-0.3, -0.25) is 0 Å². The Morgan fingerprint density at radius 1 is 1.36 bits per heavy atom. The number of halogens is 1. The second-order valence-corrected chi connectivity index (χ2v) is 3.17. The maximum absolute atomic E-state index is 5.72. The van der Waals surface area contributed by atoms with Crippen molar-refractivity contribution >= 4 is 11.6 Å². The van der Waals surface area contributed by atoms with Crippen molar-refractivity contribution < 1.29 is 4.74 Å². The van der Waals surface area contributed by atoms with Crippen LogP contribution in [0.15, 0.2) is 36.5 Å². The number of methoxy groups -OCH3 is 1. The number of benzene rings is 1. The quantitative estimate of drug-likeness (QED) is 0.759. The highest BCUT2D eigenvalue weighted by Gasteiger charge is 1.99. The van der Waals surface area contributed by atoms with Crippen molar-refractivity contribution in [2.24, 2.45) is 0 Å². The number of nitrogens with zero attached hydrogens (tertiary/aromatic N) is 2. The van der Waals surface area contributed by atoms with E-state index >= 15 is 0 Å². The lowest BCUT2D eigenvalue weighted by molar-refractivity contribution is 0.414. The predicted molar refractivity (Wildman–Crippen MR) is 55.1 cm³/mol. The topological polar surface area (TPSA) is 27.1 Å². The molecule has 1 aromatic heterocycles. The number of ether oxygens (including phenoxy) is 1. The minimum absolute atomic E-state index is 0.479. The summed E-state index contributed by atoms with van der Waals surface area (Å²) in [5, 5.41) is 4.56. The van der Waals surface area contributed by atoms with E-state index in [-0.39, 0.29) is 0 Å². The monoisotopic (exact) mass is 208 g/mol. The molecule has 0 saturated heterocycles. The second-order valence-electron chi connectivity index (χ2n) is 2.78. The summed E-state index contributed by atoms with van der Waals surface area (Å²) in [6, 6.07) is 9.36. The van der Waals surface area contributed by atoms with Gasteiger partial charge in [-0.15, -0.1) is 0 Å². The molecule has 0 amide bonds. The summed E-state index contributed by atoms with van der Waals surface area (Å²) in [7, 11) is 1.63. The Bertz CT molecular complexity index is 439. The molecule has 1 heterocycles. The van der Waals surface area contributed by atoms with Crippen LogP contribution in [0.1, 0.15) is 0 Å². The van der Waals surface area contributed by atoms with Crippen molar-refractivity contribution in [3.05, 3.63) is 41.7 Å². The van der Waals surface area contributed by atoms with Crippen molar-refractivity contribution in [2.45, 2.75) is 0 Å². The van der Waals surface area contributed by atoms with E-state index in [2.05, 4.69) is 5.10 Å². The summed E-state index contributed by atoms with van der Waals surface area (Å²) >= 11 is 5.72. The molecule has 0 atom stereocenters. The summed E-state index contributed by atoms with van der Waals surface area (Å²) in [6.07, 6.45) is 1.80. The maximum Gasteiger partial charge on any atom is 0.151 e. The molecule has 0 spiro atoms. The van der Waals surface area contributed by atoms with E-state index in [1.807, 2.05) is 24.3 Å². The van der Waals surface area contributed by atoms with E-state index in [4.69, 9.17) is 16.3 Å². The van der Waals surface area contributed by atoms with Gasteiger partial charge in [-0.25, -0.2) is 4.68 Å². The summed E-state index contributed by atoms with van der Waals surface area (Å²) < 4.78 is 6.81. The van der Waals surface area contributed by atoms with Crippen LogP contribution in [-0.2, 0) is 0 Å². The van der Waals surface area contributed by atoms with Crippen LogP contribution in [0.5, 0.6) is 5.75 Å². The second kappa shape index (κ2) is 3.72. The molecule has 4 heteroatoms. The van der Waals surface area contributed by atoms with Gasteiger partial charge in [0.2, 0.25) is 0 Å². The molecular formula is C10H9ClN2O. The molecule has 0 aliphatic rings. The average Bonchev–Trinajstić information content (AvgIpc) is 2.65. The van der Waals surface area contributed by atoms with Gasteiger partial charge >= 0.3 is 0 Å². The normalized spacial score (nSPS) is 10.1. The molecule has 3 nitrogen and oxygen atoms in total. The Labute approximate surface area is 86.9 Å². The number of rotatable bonds is 2. The number of hydrogen-bond donors (Lipinski definition) is 0. The van der Waals surface area contributed by atoms with Crippen LogP contribution in [0.3, 0.4) is 0 Å². The Kier molecular flexibility index (Phi) is 2.41. The Morgan fingerprint density at radius 3 is 2.86 bits per heavy atom. The highest BCUT2D eigenvalue weighted by atomic mass is 35.5. The van der Waals surface area contributed by atoms with Crippen molar-refractivity contribution in [2.75, 3.05) is 7.11 Å². The lowest BCUT2D eigenvalue weighted by Crippen LogP contribution is -1.94. The van der Waals surface area contributed by atoms with Crippen molar-refractivity contribution in [1.29, 1.82) is 0 Å². The highest BCUT2D eigenvalue weighted by molar-refractivity contribution is 6.29. The van der Waals surface area contributed by atoms with Gasteiger partial charge in [-0.1, -0.05) is 17.7 Å². The molecule has 0 unspecified atom stereocenters. The molecule has 14 heavy (non-hydrogen) atoms. The van der Waals surface area contributed by atoms with E-state index in [1.54, 1.807) is 24.1 Å². The van der Waals surface area contributed by atoms with Crippen LogP contribution >= 0.6 is 11.6 Å². The molecule has 0 fully saturated rings. The average molecular weight is 209 g/mol. The van der Waals surface area contributed by atoms with Crippen LogP contribution in [0.25, 0.3) is 5.69 Å². The number of aromatic nitrogens is 2. The summed E-state index contributed by atoms with van der Waals surface area (Å²) in [5.41, 5.74) is 0.927. The fourth-order valence-corrected chi connectivity index (χ4v) is 1.34. The van der Waals surface area contributed by atoms with E-state index in [9.17, 15) is 0 Å². The molecular weight excluding hydrogens is 200 g/mol. The fraction of sp³-hybridized carbons (Fsp3) is 0.100. The molecule has 1 aromatic carbocycles.